The number of hydrogen-bond acceptors (Lipinski definition) is 5. The second-order valence-corrected chi connectivity index (χ2v) is 6.57. The molecule has 4 aliphatic heterocycles. The van der Waals surface area contributed by atoms with Gasteiger partial charge < -0.3 is 19.3 Å². The second kappa shape index (κ2) is 5.04. The van der Waals surface area contributed by atoms with Gasteiger partial charge in [-0.1, -0.05) is 26.0 Å². The maximum Gasteiger partial charge on any atom is 0.339 e. The summed E-state index contributed by atoms with van der Waals surface area (Å²) in [4.78, 5) is 23.7. The fourth-order valence-corrected chi connectivity index (χ4v) is 4.16. The van der Waals surface area contributed by atoms with Gasteiger partial charge in [0.2, 0.25) is 0 Å². The van der Waals surface area contributed by atoms with Crippen LogP contribution in [0.4, 0.5) is 0 Å². The first-order chi connectivity index (χ1) is 11.0. The number of carbonyl (C=O) groups is 2. The number of aromatic carboxylic acids is 1. The smallest absolute Gasteiger partial charge is 0.339 e. The van der Waals surface area contributed by atoms with Crippen LogP contribution in [0.2, 0.25) is 0 Å². The van der Waals surface area contributed by atoms with Crippen molar-refractivity contribution in [3.8, 4) is 0 Å². The first-order valence-electron chi connectivity index (χ1n) is 7.83. The van der Waals surface area contributed by atoms with E-state index in [1.165, 1.54) is 12.1 Å². The van der Waals surface area contributed by atoms with E-state index in [0.717, 1.165) is 0 Å². The predicted octanol–water partition coefficient (Wildman–Crippen LogP) is 1.73. The van der Waals surface area contributed by atoms with Crippen LogP contribution in [0.1, 0.15) is 34.6 Å². The topological polar surface area (TPSA) is 82.1 Å². The number of esters is 1. The third-order valence-electron chi connectivity index (χ3n) is 5.29. The predicted molar refractivity (Wildman–Crippen MR) is 78.3 cm³/mol. The molecule has 6 nitrogen and oxygen atoms in total. The zero-order valence-corrected chi connectivity index (χ0v) is 12.8. The maximum absolute atomic E-state index is 12.5. The van der Waals surface area contributed by atoms with E-state index in [2.05, 4.69) is 6.92 Å². The molecule has 7 atom stereocenters. The zero-order valence-electron chi connectivity index (χ0n) is 12.8. The molecule has 0 spiro atoms. The Kier molecular flexibility index (Phi) is 3.21. The highest BCUT2D eigenvalue weighted by molar-refractivity contribution is 6.02. The van der Waals surface area contributed by atoms with Crippen LogP contribution in [0.5, 0.6) is 0 Å². The van der Waals surface area contributed by atoms with Crippen molar-refractivity contribution in [2.24, 2.45) is 11.8 Å². The van der Waals surface area contributed by atoms with Gasteiger partial charge in [-0.05, 0) is 12.1 Å². The molecule has 0 amide bonds. The highest BCUT2D eigenvalue weighted by Crippen LogP contribution is 2.50. The van der Waals surface area contributed by atoms with Gasteiger partial charge in [-0.2, -0.15) is 0 Å². The van der Waals surface area contributed by atoms with Crippen LogP contribution in [-0.4, -0.2) is 47.6 Å². The van der Waals surface area contributed by atoms with Gasteiger partial charge in [-0.25, -0.2) is 9.59 Å². The lowest BCUT2D eigenvalue weighted by Crippen LogP contribution is -2.49. The van der Waals surface area contributed by atoms with Gasteiger partial charge in [0.15, 0.2) is 6.10 Å². The quantitative estimate of drug-likeness (QED) is 0.855. The Morgan fingerprint density at radius 1 is 0.957 bits per heavy atom. The molecule has 1 aromatic rings. The van der Waals surface area contributed by atoms with Crippen molar-refractivity contribution in [1.82, 2.24) is 0 Å². The number of carboxylic acids is 1. The molecule has 1 N–H and O–H groups in total. The van der Waals surface area contributed by atoms with Gasteiger partial charge in [0.05, 0.1) is 23.3 Å². The molecule has 23 heavy (non-hydrogen) atoms. The summed E-state index contributed by atoms with van der Waals surface area (Å²) in [5.74, 6) is -1.37. The summed E-state index contributed by atoms with van der Waals surface area (Å²) in [5, 5.41) is 9.21. The molecule has 0 aromatic heterocycles. The Balaban J connectivity index is 1.58. The van der Waals surface area contributed by atoms with Crippen LogP contribution >= 0.6 is 0 Å². The Morgan fingerprint density at radius 2 is 1.57 bits per heavy atom. The standard InChI is InChI=1S/C17H18O6/c1-7-11-8(2)13-15(14(21-11)12(7)22-13)23-17(20)10-6-4-3-5-9(10)16(18)19/h3-8,11-15H,1-2H3,(H,18,19)/t7-,8?,11+,12+,13-,14-,15-/m1/s1. The Bertz CT molecular complexity index is 667. The minimum Gasteiger partial charge on any atom is -0.478 e. The molecule has 0 saturated carbocycles. The van der Waals surface area contributed by atoms with Crippen molar-refractivity contribution >= 4 is 11.9 Å². The van der Waals surface area contributed by atoms with Crippen molar-refractivity contribution < 1.29 is 28.9 Å². The van der Waals surface area contributed by atoms with E-state index in [1.807, 2.05) is 6.92 Å². The van der Waals surface area contributed by atoms with Crippen molar-refractivity contribution in [3.05, 3.63) is 35.4 Å². The summed E-state index contributed by atoms with van der Waals surface area (Å²) in [7, 11) is 0. The Morgan fingerprint density at radius 3 is 2.26 bits per heavy atom. The number of hydrogen-bond donors (Lipinski definition) is 1. The summed E-state index contributed by atoms with van der Waals surface area (Å²) in [6.45, 7) is 4.13. The van der Waals surface area contributed by atoms with Crippen molar-refractivity contribution in [2.75, 3.05) is 0 Å². The molecule has 0 radical (unpaired) electrons. The third kappa shape index (κ3) is 2.01. The van der Waals surface area contributed by atoms with Crippen molar-refractivity contribution in [3.63, 3.8) is 0 Å². The molecule has 1 unspecified atom stereocenters. The highest BCUT2D eigenvalue weighted by Gasteiger charge is 2.65. The SMILES string of the molecule is CC1[C@H]2O[C@@H]3[C@@H](O[C@H]1[C@H]3OC(=O)c1ccccc1C(=O)O)[C@@H]2C. The first kappa shape index (κ1) is 14.7. The third-order valence-corrected chi connectivity index (χ3v) is 5.29. The molecule has 4 fully saturated rings. The fourth-order valence-electron chi connectivity index (χ4n) is 4.16. The van der Waals surface area contributed by atoms with Crippen LogP contribution in [0.3, 0.4) is 0 Å². The lowest BCUT2D eigenvalue weighted by Gasteiger charge is -2.38. The maximum atomic E-state index is 12.5. The van der Waals surface area contributed by atoms with Gasteiger partial charge >= 0.3 is 11.9 Å². The molecule has 4 aliphatic rings. The monoisotopic (exact) mass is 318 g/mol. The molecule has 122 valence electrons. The Labute approximate surface area is 133 Å². The normalized spacial score (nSPS) is 40.3. The van der Waals surface area contributed by atoms with Crippen LogP contribution in [0, 0.1) is 11.8 Å². The van der Waals surface area contributed by atoms with E-state index in [4.69, 9.17) is 14.2 Å². The molecule has 4 bridgehead atoms. The number of rotatable bonds is 3. The molecule has 4 saturated heterocycles. The summed E-state index contributed by atoms with van der Waals surface area (Å²) >= 11 is 0. The Hall–Kier alpha value is -1.92. The van der Waals surface area contributed by atoms with Crippen molar-refractivity contribution in [2.45, 2.75) is 44.4 Å². The highest BCUT2D eigenvalue weighted by atomic mass is 16.6. The second-order valence-electron chi connectivity index (χ2n) is 6.57. The fraction of sp³-hybridized carbons (Fsp3) is 0.529. The molecular formula is C17H18O6. The summed E-state index contributed by atoms with van der Waals surface area (Å²) in [6.07, 6.45) is -0.817. The van der Waals surface area contributed by atoms with Gasteiger partial charge in [0, 0.05) is 11.8 Å². The van der Waals surface area contributed by atoms with E-state index in [0.29, 0.717) is 0 Å². The number of carboxylic acid groups (broad SMARTS) is 1. The van der Waals surface area contributed by atoms with Crippen LogP contribution in [0.25, 0.3) is 0 Å². The van der Waals surface area contributed by atoms with Gasteiger partial charge in [-0.15, -0.1) is 0 Å². The molecule has 5 rings (SSSR count). The zero-order chi connectivity index (χ0) is 16.3. The minimum absolute atomic E-state index is 0.0475. The largest absolute Gasteiger partial charge is 0.478 e. The summed E-state index contributed by atoms with van der Waals surface area (Å²) in [5.41, 5.74) is -0.00812. The average Bonchev–Trinajstić information content (AvgIpc) is 2.96. The van der Waals surface area contributed by atoms with Crippen molar-refractivity contribution in [1.29, 1.82) is 0 Å². The lowest BCUT2D eigenvalue weighted by molar-refractivity contribution is -0.152. The van der Waals surface area contributed by atoms with Crippen LogP contribution in [-0.2, 0) is 14.2 Å². The minimum atomic E-state index is -1.15. The van der Waals surface area contributed by atoms with E-state index in [-0.39, 0.29) is 47.4 Å². The molecular weight excluding hydrogens is 300 g/mol. The number of carbonyl (C=O) groups excluding carboxylic acids is 1. The summed E-state index contributed by atoms with van der Waals surface area (Å²) < 4.78 is 17.6. The molecule has 6 heteroatoms. The molecule has 4 heterocycles. The van der Waals surface area contributed by atoms with E-state index in [1.54, 1.807) is 12.1 Å². The van der Waals surface area contributed by atoms with Gasteiger partial charge in [-0.3, -0.25) is 0 Å². The van der Waals surface area contributed by atoms with Crippen LogP contribution < -0.4 is 0 Å². The average molecular weight is 318 g/mol. The van der Waals surface area contributed by atoms with Crippen LogP contribution in [0.15, 0.2) is 24.3 Å². The number of benzene rings is 1. The van der Waals surface area contributed by atoms with E-state index >= 15 is 0 Å². The van der Waals surface area contributed by atoms with Gasteiger partial charge in [0.1, 0.15) is 12.2 Å². The molecule has 1 aromatic carbocycles. The van der Waals surface area contributed by atoms with E-state index in [9.17, 15) is 14.7 Å². The first-order valence-corrected chi connectivity index (χ1v) is 7.83. The number of ether oxygens (including phenoxy) is 3. The van der Waals surface area contributed by atoms with E-state index < -0.39 is 18.0 Å². The lowest BCUT2D eigenvalue weighted by atomic mass is 9.87. The summed E-state index contributed by atoms with van der Waals surface area (Å²) in [6, 6.07) is 6.05. The van der Waals surface area contributed by atoms with Gasteiger partial charge in [0.25, 0.3) is 0 Å². The molecule has 0 aliphatic carbocycles.